The van der Waals surface area contributed by atoms with Crippen molar-refractivity contribution < 1.29 is 27.2 Å². The van der Waals surface area contributed by atoms with Crippen LogP contribution >= 0.6 is 0 Å². The first kappa shape index (κ1) is 18.0. The Hall–Kier alpha value is -2.32. The molecule has 1 fully saturated rings. The molecule has 0 aliphatic carbocycles. The topological polar surface area (TPSA) is 66.6 Å². The van der Waals surface area contributed by atoms with Crippen LogP contribution in [0.1, 0.15) is 12.8 Å². The fraction of sp³-hybridized carbons (Fsp3) is 0.467. The number of amides is 2. The minimum absolute atomic E-state index is 0.0305. The van der Waals surface area contributed by atoms with E-state index < -0.39 is 36.4 Å². The van der Waals surface area contributed by atoms with E-state index in [0.29, 0.717) is 5.69 Å². The van der Waals surface area contributed by atoms with Crippen LogP contribution in [0.3, 0.4) is 0 Å². The van der Waals surface area contributed by atoms with E-state index in [1.165, 1.54) is 29.2 Å². The summed E-state index contributed by atoms with van der Waals surface area (Å²) in [5, 5.41) is 0. The number of hydrogen-bond donors (Lipinski definition) is 1. The molecule has 1 aliphatic rings. The monoisotopic (exact) mass is 347 g/mol. The number of nitrogens with zero attached hydrogens (tertiary/aromatic N) is 2. The Morgan fingerprint density at radius 2 is 1.92 bits per heavy atom. The van der Waals surface area contributed by atoms with Crippen LogP contribution in [0.2, 0.25) is 0 Å². The lowest BCUT2D eigenvalue weighted by atomic mass is 10.1. The molecule has 1 aliphatic heterocycles. The van der Waals surface area contributed by atoms with Gasteiger partial charge in [-0.25, -0.2) is 4.39 Å². The first-order valence-corrected chi connectivity index (χ1v) is 7.33. The summed E-state index contributed by atoms with van der Waals surface area (Å²) in [6, 6.07) is 4.35. The molecule has 1 aromatic rings. The van der Waals surface area contributed by atoms with E-state index in [-0.39, 0.29) is 25.9 Å². The Labute approximate surface area is 136 Å². The molecule has 2 amide bonds. The van der Waals surface area contributed by atoms with E-state index in [9.17, 15) is 27.2 Å². The largest absolute Gasteiger partial charge is 0.406 e. The Kier molecular flexibility index (Phi) is 5.30. The summed E-state index contributed by atoms with van der Waals surface area (Å²) < 4.78 is 50.6. The lowest BCUT2D eigenvalue weighted by Gasteiger charge is -2.30. The van der Waals surface area contributed by atoms with Gasteiger partial charge in [-0.1, -0.05) is 0 Å². The van der Waals surface area contributed by atoms with E-state index in [0.717, 1.165) is 4.90 Å². The van der Waals surface area contributed by atoms with Gasteiger partial charge in [0.1, 0.15) is 18.4 Å². The smallest absolute Gasteiger partial charge is 0.370 e. The quantitative estimate of drug-likeness (QED) is 0.796. The lowest BCUT2D eigenvalue weighted by molar-refractivity contribution is -0.157. The zero-order valence-corrected chi connectivity index (χ0v) is 12.7. The number of rotatable bonds is 6. The number of primary amides is 1. The van der Waals surface area contributed by atoms with Crippen LogP contribution in [0.4, 0.5) is 23.2 Å². The number of nitrogens with two attached hydrogens (primary N) is 1. The molecular weight excluding hydrogens is 330 g/mol. The van der Waals surface area contributed by atoms with Gasteiger partial charge in [0.2, 0.25) is 11.8 Å². The van der Waals surface area contributed by atoms with Crippen molar-refractivity contribution in [3.63, 3.8) is 0 Å². The summed E-state index contributed by atoms with van der Waals surface area (Å²) in [6.07, 6.45) is -4.36. The SMILES string of the molecule is NC(=O)CCN(c1ccc(F)cc1)[C@H]1CCN(CC(F)(F)F)C1=O. The van der Waals surface area contributed by atoms with Crippen LogP contribution in [0, 0.1) is 5.82 Å². The highest BCUT2D eigenvalue weighted by Gasteiger charge is 2.41. The Morgan fingerprint density at radius 3 is 2.46 bits per heavy atom. The van der Waals surface area contributed by atoms with Gasteiger partial charge < -0.3 is 15.5 Å². The van der Waals surface area contributed by atoms with Crippen molar-refractivity contribution in [1.82, 2.24) is 4.90 Å². The van der Waals surface area contributed by atoms with Crippen LogP contribution < -0.4 is 10.6 Å². The van der Waals surface area contributed by atoms with E-state index in [2.05, 4.69) is 0 Å². The molecule has 5 nitrogen and oxygen atoms in total. The van der Waals surface area contributed by atoms with Crippen LogP contribution in [-0.2, 0) is 9.59 Å². The molecule has 2 N–H and O–H groups in total. The average molecular weight is 347 g/mol. The van der Waals surface area contributed by atoms with E-state index in [4.69, 9.17) is 5.73 Å². The normalized spacial score (nSPS) is 18.1. The molecule has 0 spiro atoms. The molecule has 1 atom stereocenters. The molecule has 0 bridgehead atoms. The van der Waals surface area contributed by atoms with Crippen LogP contribution in [0.5, 0.6) is 0 Å². The maximum absolute atomic E-state index is 13.1. The van der Waals surface area contributed by atoms with Crippen LogP contribution in [-0.4, -0.2) is 48.6 Å². The molecule has 0 saturated carbocycles. The molecule has 9 heteroatoms. The third kappa shape index (κ3) is 4.59. The van der Waals surface area contributed by atoms with Crippen molar-refractivity contribution in [2.24, 2.45) is 5.73 Å². The predicted molar refractivity (Wildman–Crippen MR) is 78.6 cm³/mol. The third-order valence-electron chi connectivity index (χ3n) is 3.77. The number of benzene rings is 1. The fourth-order valence-electron chi connectivity index (χ4n) is 2.71. The summed E-state index contributed by atoms with van der Waals surface area (Å²) >= 11 is 0. The van der Waals surface area contributed by atoms with Crippen LogP contribution in [0.25, 0.3) is 0 Å². The molecule has 24 heavy (non-hydrogen) atoms. The van der Waals surface area contributed by atoms with E-state index in [1.54, 1.807) is 0 Å². The van der Waals surface area contributed by atoms with Crippen LogP contribution in [0.15, 0.2) is 24.3 Å². The number of alkyl halides is 3. The average Bonchev–Trinajstić information content (AvgIpc) is 2.81. The lowest BCUT2D eigenvalue weighted by Crippen LogP contribution is -2.45. The number of hydrogen-bond acceptors (Lipinski definition) is 3. The summed E-state index contributed by atoms with van der Waals surface area (Å²) in [5.74, 6) is -1.74. The number of anilines is 1. The zero-order valence-electron chi connectivity index (χ0n) is 12.7. The molecule has 132 valence electrons. The Bertz CT molecular complexity index is 604. The van der Waals surface area contributed by atoms with Gasteiger partial charge >= 0.3 is 6.18 Å². The van der Waals surface area contributed by atoms with Gasteiger partial charge in [0, 0.05) is 25.2 Å². The van der Waals surface area contributed by atoms with Crippen molar-refractivity contribution in [2.45, 2.75) is 25.1 Å². The van der Waals surface area contributed by atoms with E-state index in [1.807, 2.05) is 0 Å². The minimum atomic E-state index is -4.47. The number of halogens is 4. The molecule has 1 saturated heterocycles. The second-order valence-corrected chi connectivity index (χ2v) is 5.57. The summed E-state index contributed by atoms with van der Waals surface area (Å²) in [5.41, 5.74) is 5.57. The van der Waals surface area contributed by atoms with Crippen molar-refractivity contribution in [2.75, 3.05) is 24.5 Å². The van der Waals surface area contributed by atoms with Gasteiger partial charge in [-0.3, -0.25) is 9.59 Å². The molecule has 0 radical (unpaired) electrons. The van der Waals surface area contributed by atoms with Crippen molar-refractivity contribution in [1.29, 1.82) is 0 Å². The van der Waals surface area contributed by atoms with Gasteiger partial charge in [-0.2, -0.15) is 13.2 Å². The van der Waals surface area contributed by atoms with Gasteiger partial charge in [0.05, 0.1) is 0 Å². The Morgan fingerprint density at radius 1 is 1.29 bits per heavy atom. The van der Waals surface area contributed by atoms with Crippen molar-refractivity contribution >= 4 is 17.5 Å². The zero-order chi connectivity index (χ0) is 17.9. The van der Waals surface area contributed by atoms with Crippen molar-refractivity contribution in [3.8, 4) is 0 Å². The number of carbonyl (C=O) groups is 2. The molecule has 2 rings (SSSR count). The number of carbonyl (C=O) groups excluding carboxylic acids is 2. The molecule has 0 aromatic heterocycles. The summed E-state index contributed by atoms with van der Waals surface area (Å²) in [6.45, 7) is -1.27. The minimum Gasteiger partial charge on any atom is -0.370 e. The first-order valence-electron chi connectivity index (χ1n) is 7.33. The molecule has 1 heterocycles. The fourth-order valence-corrected chi connectivity index (χ4v) is 2.71. The molecule has 1 aromatic carbocycles. The Balaban J connectivity index is 2.19. The number of likely N-dealkylation sites (tertiary alicyclic amines) is 1. The predicted octanol–water partition coefficient (Wildman–Crippen LogP) is 1.67. The highest BCUT2D eigenvalue weighted by Crippen LogP contribution is 2.27. The first-order chi connectivity index (χ1) is 11.2. The van der Waals surface area contributed by atoms with Gasteiger partial charge in [0.25, 0.3) is 0 Å². The maximum atomic E-state index is 13.1. The molecular formula is C15H17F4N3O2. The highest BCUT2D eigenvalue weighted by molar-refractivity contribution is 5.87. The van der Waals surface area contributed by atoms with Crippen molar-refractivity contribution in [3.05, 3.63) is 30.1 Å². The second-order valence-electron chi connectivity index (χ2n) is 5.57. The van der Waals surface area contributed by atoms with Gasteiger partial charge in [-0.05, 0) is 30.7 Å². The van der Waals surface area contributed by atoms with Gasteiger partial charge in [-0.15, -0.1) is 0 Å². The standard InChI is InChI=1S/C15H17F4N3O2/c16-10-1-3-11(4-2-10)22(8-6-13(20)23)12-5-7-21(14(12)24)9-15(17,18)19/h1-4,12H,5-9H2,(H2,20,23)/t12-/m0/s1. The van der Waals surface area contributed by atoms with E-state index >= 15 is 0 Å². The summed E-state index contributed by atoms with van der Waals surface area (Å²) in [4.78, 5) is 25.6. The maximum Gasteiger partial charge on any atom is 0.406 e. The van der Waals surface area contributed by atoms with Gasteiger partial charge in [0.15, 0.2) is 0 Å². The second kappa shape index (κ2) is 7.06. The molecule has 0 unspecified atom stereocenters. The third-order valence-corrected chi connectivity index (χ3v) is 3.77. The highest BCUT2D eigenvalue weighted by atomic mass is 19.4. The summed E-state index contributed by atoms with van der Waals surface area (Å²) in [7, 11) is 0.